The first-order valence-electron chi connectivity index (χ1n) is 18.0. The molecule has 0 fully saturated rings. The fraction of sp³-hybridized carbons (Fsp3) is 0.0204. The lowest BCUT2D eigenvalue weighted by Crippen LogP contribution is -2.33. The van der Waals surface area contributed by atoms with E-state index in [0.717, 1.165) is 33.8 Å². The molecular weight excluding hydrogens is 645 g/mol. The summed E-state index contributed by atoms with van der Waals surface area (Å²) in [5.41, 5.74) is 11.4. The zero-order chi connectivity index (χ0) is 35.1. The summed E-state index contributed by atoms with van der Waals surface area (Å²) in [5.74, 6) is 1.52. The molecule has 0 bridgehead atoms. The third-order valence-corrected chi connectivity index (χ3v) is 10.3. The highest BCUT2D eigenvalue weighted by Gasteiger charge is 2.22. The Kier molecular flexibility index (Phi) is 7.51. The molecule has 0 saturated carbocycles. The van der Waals surface area contributed by atoms with Crippen LogP contribution in [0.2, 0.25) is 0 Å². The van der Waals surface area contributed by atoms with Crippen LogP contribution in [0.3, 0.4) is 0 Å². The van der Waals surface area contributed by atoms with E-state index in [9.17, 15) is 0 Å². The Labute approximate surface area is 308 Å². The van der Waals surface area contributed by atoms with Crippen LogP contribution in [0, 0.1) is 0 Å². The van der Waals surface area contributed by atoms with Crippen LogP contribution in [0.25, 0.3) is 60.5 Å². The van der Waals surface area contributed by atoms with Gasteiger partial charge in [-0.2, -0.15) is 0 Å². The van der Waals surface area contributed by atoms with Crippen molar-refractivity contribution in [1.29, 1.82) is 0 Å². The molecule has 9 aromatic rings. The number of fused-ring (bicyclic) bond motifs is 4. The normalized spacial score (nSPS) is 14.2. The average molecular weight is 679 g/mol. The molecule has 0 aliphatic carbocycles. The average Bonchev–Trinajstić information content (AvgIpc) is 3.58. The van der Waals surface area contributed by atoms with Crippen LogP contribution < -0.4 is 5.32 Å². The lowest BCUT2D eigenvalue weighted by molar-refractivity contribution is 0.674. The first-order chi connectivity index (χ1) is 26.3. The molecule has 0 saturated heterocycles. The summed E-state index contributed by atoms with van der Waals surface area (Å²) < 4.78 is 2.39. The summed E-state index contributed by atoms with van der Waals surface area (Å²) in [6.45, 7) is 0. The topological polar surface area (TPSA) is 41.7 Å². The molecule has 8 aromatic carbocycles. The number of amidine groups is 2. The predicted molar refractivity (Wildman–Crippen MR) is 221 cm³/mol. The first-order valence-corrected chi connectivity index (χ1v) is 18.0. The van der Waals surface area contributed by atoms with Crippen molar-refractivity contribution in [3.8, 4) is 27.9 Å². The fourth-order valence-electron chi connectivity index (χ4n) is 7.63. The molecule has 1 aliphatic heterocycles. The van der Waals surface area contributed by atoms with E-state index in [2.05, 4.69) is 186 Å². The second-order valence-electron chi connectivity index (χ2n) is 13.5. The number of hydrogen-bond acceptors (Lipinski definition) is 3. The lowest BCUT2D eigenvalue weighted by Gasteiger charge is -2.24. The van der Waals surface area contributed by atoms with E-state index in [1.807, 2.05) is 18.2 Å². The van der Waals surface area contributed by atoms with Gasteiger partial charge in [-0.05, 0) is 63.4 Å². The molecule has 1 unspecified atom stereocenters. The number of nitrogens with zero attached hydrogens (tertiary/aromatic N) is 3. The van der Waals surface area contributed by atoms with Gasteiger partial charge in [-0.15, -0.1) is 0 Å². The Hall–Kier alpha value is -7.04. The molecule has 2 heterocycles. The molecule has 1 aliphatic rings. The summed E-state index contributed by atoms with van der Waals surface area (Å²) in [6.07, 6.45) is -0.310. The van der Waals surface area contributed by atoms with Gasteiger partial charge in [0.1, 0.15) is 12.0 Å². The summed E-state index contributed by atoms with van der Waals surface area (Å²) in [4.78, 5) is 10.2. The summed E-state index contributed by atoms with van der Waals surface area (Å²) >= 11 is 0. The molecule has 4 heteroatoms. The minimum Gasteiger partial charge on any atom is -0.344 e. The lowest BCUT2D eigenvalue weighted by atomic mass is 9.99. The molecule has 1 atom stereocenters. The molecule has 1 aromatic heterocycles. The van der Waals surface area contributed by atoms with Crippen LogP contribution in [-0.4, -0.2) is 16.2 Å². The Balaban J connectivity index is 1.01. The highest BCUT2D eigenvalue weighted by atomic mass is 15.2. The van der Waals surface area contributed by atoms with Gasteiger partial charge in [0.15, 0.2) is 5.84 Å². The van der Waals surface area contributed by atoms with E-state index >= 15 is 0 Å². The number of benzene rings is 8. The zero-order valence-electron chi connectivity index (χ0n) is 28.9. The Morgan fingerprint density at radius 2 is 0.981 bits per heavy atom. The van der Waals surface area contributed by atoms with Crippen molar-refractivity contribution < 1.29 is 0 Å². The summed E-state index contributed by atoms with van der Waals surface area (Å²) in [7, 11) is 0. The largest absolute Gasteiger partial charge is 0.344 e. The van der Waals surface area contributed by atoms with Gasteiger partial charge in [0.05, 0.1) is 16.7 Å². The molecule has 0 spiro atoms. The van der Waals surface area contributed by atoms with Crippen LogP contribution in [0.5, 0.6) is 0 Å². The van der Waals surface area contributed by atoms with Gasteiger partial charge < -0.3 is 9.88 Å². The van der Waals surface area contributed by atoms with Gasteiger partial charge in [-0.3, -0.25) is 0 Å². The van der Waals surface area contributed by atoms with Crippen LogP contribution in [0.1, 0.15) is 22.9 Å². The maximum Gasteiger partial charge on any atom is 0.159 e. The molecule has 10 rings (SSSR count). The highest BCUT2D eigenvalue weighted by molar-refractivity contribution is 6.14. The monoisotopic (exact) mass is 678 g/mol. The van der Waals surface area contributed by atoms with Gasteiger partial charge in [0.2, 0.25) is 0 Å². The molecule has 250 valence electrons. The van der Waals surface area contributed by atoms with Crippen molar-refractivity contribution in [3.05, 3.63) is 211 Å². The number of nitrogens with one attached hydrogen (secondary N) is 1. The second-order valence-corrected chi connectivity index (χ2v) is 13.5. The third-order valence-electron chi connectivity index (χ3n) is 10.3. The molecule has 0 amide bonds. The van der Waals surface area contributed by atoms with Crippen molar-refractivity contribution >= 4 is 44.2 Å². The predicted octanol–water partition coefficient (Wildman–Crippen LogP) is 11.8. The van der Waals surface area contributed by atoms with Crippen molar-refractivity contribution in [2.75, 3.05) is 0 Å². The van der Waals surface area contributed by atoms with E-state index < -0.39 is 0 Å². The Bertz CT molecular complexity index is 2800. The fourth-order valence-corrected chi connectivity index (χ4v) is 7.63. The van der Waals surface area contributed by atoms with Gasteiger partial charge in [-0.25, -0.2) is 9.98 Å². The molecule has 1 N–H and O–H groups in total. The molecule has 4 nitrogen and oxygen atoms in total. The van der Waals surface area contributed by atoms with Gasteiger partial charge >= 0.3 is 0 Å². The molecule has 53 heavy (non-hydrogen) atoms. The quantitative estimate of drug-likeness (QED) is 0.187. The molecule has 0 radical (unpaired) electrons. The number of rotatable bonds is 6. The number of hydrogen-bond donors (Lipinski definition) is 1. The number of aromatic nitrogens is 1. The van der Waals surface area contributed by atoms with Crippen molar-refractivity contribution in [1.82, 2.24) is 9.88 Å². The molecular formula is C49H34N4. The smallest absolute Gasteiger partial charge is 0.159 e. The minimum absolute atomic E-state index is 0.310. The van der Waals surface area contributed by atoms with Gasteiger partial charge in [0, 0.05) is 27.5 Å². The maximum absolute atomic E-state index is 5.15. The SMILES string of the molecule is c1ccc(C2=NC(c3ccc(-c4ccccc4-n4c5ccccc5c5ccccc54)cc3)NC(c3ccc4cc(-c5ccccc5)ccc4c3)=N2)cc1. The Morgan fingerprint density at radius 3 is 1.68 bits per heavy atom. The summed E-state index contributed by atoms with van der Waals surface area (Å²) in [5, 5.41) is 8.54. The van der Waals surface area contributed by atoms with E-state index in [0.29, 0.717) is 5.84 Å². The van der Waals surface area contributed by atoms with E-state index in [1.165, 1.54) is 49.3 Å². The van der Waals surface area contributed by atoms with Crippen LogP contribution in [-0.2, 0) is 0 Å². The first kappa shape index (κ1) is 30.8. The van der Waals surface area contributed by atoms with Crippen molar-refractivity contribution in [2.24, 2.45) is 9.98 Å². The summed E-state index contributed by atoms with van der Waals surface area (Å²) in [6, 6.07) is 68.8. The van der Waals surface area contributed by atoms with E-state index in [1.54, 1.807) is 0 Å². The van der Waals surface area contributed by atoms with Gasteiger partial charge in [0.25, 0.3) is 0 Å². The standard InChI is InChI=1S/C49H34N4/c1-3-13-33(14-4-1)37-27-28-39-32-40(30-29-38(39)31-37)49-51-47(35-15-5-2-6-16-35)50-48(52-49)36-25-23-34(24-26-36)41-17-7-10-20-44(41)53-45-21-11-8-18-42(45)43-19-9-12-22-46(43)53/h1-32,48H,(H,50,51,52). The van der Waals surface area contributed by atoms with Crippen LogP contribution in [0.15, 0.2) is 204 Å². The Morgan fingerprint density at radius 1 is 0.434 bits per heavy atom. The van der Waals surface area contributed by atoms with Crippen molar-refractivity contribution in [2.45, 2.75) is 6.17 Å². The number of para-hydroxylation sites is 3. The van der Waals surface area contributed by atoms with Crippen LogP contribution in [0.4, 0.5) is 0 Å². The van der Waals surface area contributed by atoms with E-state index in [4.69, 9.17) is 9.98 Å². The van der Waals surface area contributed by atoms with Gasteiger partial charge in [-0.1, -0.05) is 164 Å². The third kappa shape index (κ3) is 5.58. The highest BCUT2D eigenvalue weighted by Crippen LogP contribution is 2.36. The van der Waals surface area contributed by atoms with E-state index in [-0.39, 0.29) is 6.17 Å². The second kappa shape index (κ2) is 12.9. The number of aliphatic imine (C=N–C) groups is 2. The zero-order valence-corrected chi connectivity index (χ0v) is 28.9. The minimum atomic E-state index is -0.310. The van der Waals surface area contributed by atoms with Crippen LogP contribution >= 0.6 is 0 Å². The maximum atomic E-state index is 5.15. The van der Waals surface area contributed by atoms with Crippen molar-refractivity contribution in [3.63, 3.8) is 0 Å².